The molecule has 0 spiro atoms. The van der Waals surface area contributed by atoms with Crippen molar-refractivity contribution in [3.05, 3.63) is 50.4 Å². The molecule has 0 saturated heterocycles. The molecular weight excluding hydrogens is 383 g/mol. The Hall–Kier alpha value is -0.910. The Labute approximate surface area is 126 Å². The number of hydrogen-bond acceptors (Lipinski definition) is 3. The van der Waals surface area contributed by atoms with Crippen LogP contribution in [-0.2, 0) is 0 Å². The smallest absolute Gasteiger partial charge is 0.157 e. The van der Waals surface area contributed by atoms with Gasteiger partial charge in [-0.2, -0.15) is 5.11 Å². The van der Waals surface area contributed by atoms with Gasteiger partial charge in [0.05, 0.1) is 10.2 Å². The number of hydrogen-bond donors (Lipinski definition) is 1. The summed E-state index contributed by atoms with van der Waals surface area (Å²) in [6.45, 7) is 0. The fourth-order valence-electron chi connectivity index (χ4n) is 1.28. The van der Waals surface area contributed by atoms with Gasteiger partial charge in [-0.1, -0.05) is 33.6 Å². The highest BCUT2D eigenvalue weighted by molar-refractivity contribution is 9.11. The molecule has 92 valence electrons. The Morgan fingerprint density at radius 2 is 1.83 bits per heavy atom. The van der Waals surface area contributed by atoms with Gasteiger partial charge in [-0.15, -0.1) is 5.11 Å². The second kappa shape index (κ2) is 5.82. The van der Waals surface area contributed by atoms with E-state index in [1.165, 1.54) is 0 Å². The third kappa shape index (κ3) is 3.31. The van der Waals surface area contributed by atoms with Gasteiger partial charge in [0.1, 0.15) is 5.69 Å². The van der Waals surface area contributed by atoms with E-state index in [1.807, 2.05) is 0 Å². The van der Waals surface area contributed by atoms with E-state index in [9.17, 15) is 5.11 Å². The predicted octanol–water partition coefficient (Wildman–Crippen LogP) is 5.99. The minimum atomic E-state index is 0.0454. The summed E-state index contributed by atoms with van der Waals surface area (Å²) in [4.78, 5) is 0. The van der Waals surface area contributed by atoms with Crippen LogP contribution in [0.4, 0.5) is 11.4 Å². The lowest BCUT2D eigenvalue weighted by molar-refractivity contribution is 0.473. The van der Waals surface area contributed by atoms with E-state index >= 15 is 0 Å². The summed E-state index contributed by atoms with van der Waals surface area (Å²) in [5, 5.41) is 18.4. The van der Waals surface area contributed by atoms with Gasteiger partial charge in [0.25, 0.3) is 0 Å². The number of rotatable bonds is 2. The molecule has 2 aromatic carbocycles. The van der Waals surface area contributed by atoms with Gasteiger partial charge in [-0.25, -0.2) is 0 Å². The Kier molecular flexibility index (Phi) is 4.37. The maximum absolute atomic E-state index is 9.81. The molecular formula is C12H7Br2ClN2O. The molecule has 3 nitrogen and oxygen atoms in total. The Bertz CT molecular complexity index is 617. The van der Waals surface area contributed by atoms with Crippen LogP contribution in [0.2, 0.25) is 5.02 Å². The highest BCUT2D eigenvalue weighted by Crippen LogP contribution is 2.38. The van der Waals surface area contributed by atoms with Crippen LogP contribution in [0.5, 0.6) is 5.75 Å². The van der Waals surface area contributed by atoms with Crippen LogP contribution in [0.15, 0.2) is 55.6 Å². The third-order valence-corrected chi connectivity index (χ3v) is 3.39. The molecule has 0 aromatic heterocycles. The van der Waals surface area contributed by atoms with Crippen LogP contribution < -0.4 is 0 Å². The van der Waals surface area contributed by atoms with Crippen molar-refractivity contribution in [3.63, 3.8) is 0 Å². The monoisotopic (exact) mass is 388 g/mol. The molecule has 0 aliphatic carbocycles. The van der Waals surface area contributed by atoms with Gasteiger partial charge in [-0.05, 0) is 46.3 Å². The molecule has 0 saturated carbocycles. The van der Waals surface area contributed by atoms with Crippen molar-refractivity contribution in [1.29, 1.82) is 0 Å². The van der Waals surface area contributed by atoms with E-state index in [0.717, 1.165) is 4.47 Å². The molecule has 0 fully saturated rings. The number of azo groups is 1. The van der Waals surface area contributed by atoms with Crippen LogP contribution in [0, 0.1) is 0 Å². The van der Waals surface area contributed by atoms with E-state index in [0.29, 0.717) is 20.9 Å². The molecule has 2 aromatic rings. The fourth-order valence-corrected chi connectivity index (χ4v) is 2.67. The van der Waals surface area contributed by atoms with Crippen molar-refractivity contribution in [2.45, 2.75) is 0 Å². The highest BCUT2D eigenvalue weighted by Gasteiger charge is 2.06. The van der Waals surface area contributed by atoms with Gasteiger partial charge in [-0.3, -0.25) is 0 Å². The van der Waals surface area contributed by atoms with E-state index in [1.54, 1.807) is 36.4 Å². The van der Waals surface area contributed by atoms with Crippen molar-refractivity contribution in [2.75, 3.05) is 0 Å². The van der Waals surface area contributed by atoms with Gasteiger partial charge in [0, 0.05) is 9.50 Å². The topological polar surface area (TPSA) is 45.0 Å². The molecule has 0 aliphatic rings. The third-order valence-electron chi connectivity index (χ3n) is 2.09. The summed E-state index contributed by atoms with van der Waals surface area (Å²) < 4.78 is 1.35. The van der Waals surface area contributed by atoms with Crippen LogP contribution >= 0.6 is 43.5 Å². The quantitative estimate of drug-likeness (QED) is 0.629. The van der Waals surface area contributed by atoms with Crippen LogP contribution in [-0.4, -0.2) is 5.11 Å². The first-order valence-electron chi connectivity index (χ1n) is 4.91. The lowest BCUT2D eigenvalue weighted by atomic mass is 10.3. The van der Waals surface area contributed by atoms with Crippen LogP contribution in [0.25, 0.3) is 0 Å². The fraction of sp³-hybridized carbons (Fsp3) is 0. The number of benzene rings is 2. The Morgan fingerprint density at radius 1 is 1.06 bits per heavy atom. The minimum Gasteiger partial charge on any atom is -0.505 e. The van der Waals surface area contributed by atoms with Crippen molar-refractivity contribution in [1.82, 2.24) is 0 Å². The molecule has 1 N–H and O–H groups in total. The first-order chi connectivity index (χ1) is 8.56. The molecule has 0 radical (unpaired) electrons. The van der Waals surface area contributed by atoms with Crippen molar-refractivity contribution >= 4 is 54.8 Å². The summed E-state index contributed by atoms with van der Waals surface area (Å²) in [6, 6.07) is 10.4. The predicted molar refractivity (Wildman–Crippen MR) is 79.1 cm³/mol. The van der Waals surface area contributed by atoms with Gasteiger partial charge >= 0.3 is 0 Å². The lowest BCUT2D eigenvalue weighted by Crippen LogP contribution is -1.72. The van der Waals surface area contributed by atoms with Gasteiger partial charge in [0.2, 0.25) is 0 Å². The maximum Gasteiger partial charge on any atom is 0.157 e. The SMILES string of the molecule is Oc1c(Br)cc(Br)cc1N=Nc1cccc(Cl)c1. The maximum atomic E-state index is 9.81. The minimum absolute atomic E-state index is 0.0454. The summed E-state index contributed by atoms with van der Waals surface area (Å²) in [6.07, 6.45) is 0. The number of nitrogens with zero attached hydrogens (tertiary/aromatic N) is 2. The van der Waals surface area contributed by atoms with Crippen molar-refractivity contribution in [3.8, 4) is 5.75 Å². The zero-order valence-electron chi connectivity index (χ0n) is 8.94. The number of phenolic OH excluding ortho intramolecular Hbond substituents is 1. The number of aromatic hydroxyl groups is 1. The van der Waals surface area contributed by atoms with E-state index in [4.69, 9.17) is 11.6 Å². The average molecular weight is 390 g/mol. The summed E-state index contributed by atoms with van der Waals surface area (Å²) in [5.74, 6) is 0.0454. The lowest BCUT2D eigenvalue weighted by Gasteiger charge is -2.01. The summed E-state index contributed by atoms with van der Waals surface area (Å²) in [5.41, 5.74) is 0.995. The molecule has 0 atom stereocenters. The molecule has 0 bridgehead atoms. The molecule has 0 amide bonds. The number of halogens is 3. The second-order valence-electron chi connectivity index (χ2n) is 3.44. The Morgan fingerprint density at radius 3 is 2.56 bits per heavy atom. The Balaban J connectivity index is 2.34. The summed E-state index contributed by atoms with van der Waals surface area (Å²) >= 11 is 12.4. The van der Waals surface area contributed by atoms with Crippen LogP contribution in [0.1, 0.15) is 0 Å². The molecule has 18 heavy (non-hydrogen) atoms. The standard InChI is InChI=1S/C12H7Br2ClN2O/c13-7-4-10(14)12(18)11(5-7)17-16-9-3-1-2-8(15)6-9/h1-6,18H. The molecule has 0 unspecified atom stereocenters. The van der Waals surface area contributed by atoms with Crippen LogP contribution in [0.3, 0.4) is 0 Å². The molecule has 0 aliphatic heterocycles. The van der Waals surface area contributed by atoms with Gasteiger partial charge in [0.15, 0.2) is 5.75 Å². The molecule has 0 heterocycles. The summed E-state index contributed by atoms with van der Waals surface area (Å²) in [7, 11) is 0. The van der Waals surface area contributed by atoms with E-state index in [-0.39, 0.29) is 5.75 Å². The highest BCUT2D eigenvalue weighted by atomic mass is 79.9. The zero-order valence-corrected chi connectivity index (χ0v) is 12.9. The van der Waals surface area contributed by atoms with Crippen molar-refractivity contribution in [2.24, 2.45) is 10.2 Å². The van der Waals surface area contributed by atoms with Crippen molar-refractivity contribution < 1.29 is 5.11 Å². The largest absolute Gasteiger partial charge is 0.505 e. The zero-order chi connectivity index (χ0) is 13.1. The molecule has 6 heteroatoms. The normalized spacial score (nSPS) is 11.1. The number of phenols is 1. The average Bonchev–Trinajstić information content (AvgIpc) is 2.32. The first-order valence-corrected chi connectivity index (χ1v) is 6.88. The first kappa shape index (κ1) is 13.5. The van der Waals surface area contributed by atoms with Gasteiger partial charge < -0.3 is 5.11 Å². The van der Waals surface area contributed by atoms with E-state index < -0.39 is 0 Å². The van der Waals surface area contributed by atoms with E-state index in [2.05, 4.69) is 42.1 Å². The molecule has 2 rings (SSSR count). The second-order valence-corrected chi connectivity index (χ2v) is 5.64.